The second kappa shape index (κ2) is 2.32. The summed E-state index contributed by atoms with van der Waals surface area (Å²) >= 11 is 0. The first kappa shape index (κ1) is 9.58. The monoisotopic (exact) mass is 168 g/mol. The van der Waals surface area contributed by atoms with Gasteiger partial charge in [-0.2, -0.15) is 9.35 Å². The highest BCUT2D eigenvalue weighted by Gasteiger charge is 2.14. The predicted molar refractivity (Wildman–Crippen MR) is 39.7 cm³/mol. The van der Waals surface area contributed by atoms with Crippen molar-refractivity contribution >= 4 is 15.3 Å². The molecule has 0 rings (SSSR count). The van der Waals surface area contributed by atoms with E-state index >= 15 is 0 Å². The summed E-state index contributed by atoms with van der Waals surface area (Å²) in [6.45, 7) is 0. The van der Waals surface area contributed by atoms with Gasteiger partial charge in [0.15, 0.2) is 0 Å². The summed E-state index contributed by atoms with van der Waals surface area (Å²) in [5.41, 5.74) is 0. The average molecular weight is 168 g/mol. The van der Waals surface area contributed by atoms with Crippen molar-refractivity contribution < 1.29 is 18.7 Å². The molecule has 0 fully saturated rings. The normalized spacial score (nSPS) is 15.7. The molecule has 0 radical (unpaired) electrons. The molecule has 0 unspecified atom stereocenters. The molecule has 0 amide bonds. The standard InChI is InChI=1S/C5H12O4S/c1-10(2,8,9)4-3-5(6)7/h3-4H2,1-2H3,(H,6,7)(H,8,9). The summed E-state index contributed by atoms with van der Waals surface area (Å²) in [7, 11) is -3.58. The summed E-state index contributed by atoms with van der Waals surface area (Å²) < 4.78 is 20.0. The third-order valence-corrected chi connectivity index (χ3v) is 2.27. The van der Waals surface area contributed by atoms with Crippen molar-refractivity contribution in [1.82, 2.24) is 0 Å². The van der Waals surface area contributed by atoms with Crippen LogP contribution in [-0.4, -0.2) is 38.1 Å². The van der Waals surface area contributed by atoms with Crippen molar-refractivity contribution in [1.29, 1.82) is 0 Å². The van der Waals surface area contributed by atoms with Crippen molar-refractivity contribution in [3.63, 3.8) is 0 Å². The molecule has 0 atom stereocenters. The molecule has 4 nitrogen and oxygen atoms in total. The maximum atomic E-state index is 11.0. The van der Waals surface area contributed by atoms with Crippen molar-refractivity contribution in [2.45, 2.75) is 6.42 Å². The van der Waals surface area contributed by atoms with E-state index in [2.05, 4.69) is 0 Å². The third-order valence-electron chi connectivity index (χ3n) is 0.899. The van der Waals surface area contributed by atoms with Crippen molar-refractivity contribution in [2.75, 3.05) is 18.3 Å². The number of carboxylic acids is 1. The zero-order valence-electron chi connectivity index (χ0n) is 6.03. The Morgan fingerprint density at radius 2 is 1.90 bits per heavy atom. The summed E-state index contributed by atoms with van der Waals surface area (Å²) in [5.74, 6) is -1.22. The lowest BCUT2D eigenvalue weighted by molar-refractivity contribution is -0.136. The van der Waals surface area contributed by atoms with Gasteiger partial charge in [0.05, 0.1) is 6.42 Å². The van der Waals surface area contributed by atoms with Gasteiger partial charge in [-0.3, -0.25) is 4.79 Å². The fourth-order valence-corrected chi connectivity index (χ4v) is 1.14. The van der Waals surface area contributed by atoms with E-state index in [4.69, 9.17) is 9.66 Å². The van der Waals surface area contributed by atoms with E-state index in [0.717, 1.165) is 0 Å². The Morgan fingerprint density at radius 3 is 2.00 bits per heavy atom. The molecule has 2 N–H and O–H groups in total. The van der Waals surface area contributed by atoms with E-state index in [-0.39, 0.29) is 12.2 Å². The molecule has 0 heterocycles. The lowest BCUT2D eigenvalue weighted by Crippen LogP contribution is -2.33. The largest absolute Gasteiger partial charge is 0.481 e. The van der Waals surface area contributed by atoms with Crippen LogP contribution in [0.3, 0.4) is 0 Å². The topological polar surface area (TPSA) is 74.6 Å². The number of aliphatic carboxylic acids is 1. The molecule has 0 aromatic heterocycles. The minimum atomic E-state index is -3.58. The van der Waals surface area contributed by atoms with Crippen LogP contribution in [0.1, 0.15) is 6.42 Å². The van der Waals surface area contributed by atoms with Crippen molar-refractivity contribution in [3.05, 3.63) is 0 Å². The number of carboxylic acid groups (broad SMARTS) is 1. The molecule has 0 aliphatic carbocycles. The van der Waals surface area contributed by atoms with Gasteiger partial charge in [-0.25, -0.2) is 4.21 Å². The summed E-state index contributed by atoms with van der Waals surface area (Å²) in [6.07, 6.45) is 2.08. The van der Waals surface area contributed by atoms with Crippen LogP contribution < -0.4 is 0 Å². The summed E-state index contributed by atoms with van der Waals surface area (Å²) in [6, 6.07) is 0. The fourth-order valence-electron chi connectivity index (χ4n) is 0.379. The van der Waals surface area contributed by atoms with Crippen LogP contribution in [-0.2, 0) is 14.1 Å². The highest BCUT2D eigenvalue weighted by atomic mass is 32.3. The molecule has 62 valence electrons. The predicted octanol–water partition coefficient (Wildman–Crippen LogP) is 0.0138. The molecule has 0 aromatic carbocycles. The van der Waals surface area contributed by atoms with Crippen LogP contribution in [0.25, 0.3) is 0 Å². The molecule has 0 bridgehead atoms. The van der Waals surface area contributed by atoms with Gasteiger partial charge in [0, 0.05) is 18.3 Å². The molecule has 0 aliphatic rings. The third kappa shape index (κ3) is 7.58. The van der Waals surface area contributed by atoms with E-state index in [1.165, 1.54) is 12.5 Å². The fraction of sp³-hybridized carbons (Fsp3) is 0.800. The van der Waals surface area contributed by atoms with Gasteiger partial charge >= 0.3 is 5.97 Å². The Bertz CT molecular complexity index is 191. The first-order valence-corrected chi connectivity index (χ1v) is 5.64. The Labute approximate surface area is 59.5 Å². The summed E-state index contributed by atoms with van der Waals surface area (Å²) in [5, 5.41) is 8.16. The minimum absolute atomic E-state index is 0.174. The molecular weight excluding hydrogens is 156 g/mol. The van der Waals surface area contributed by atoms with Gasteiger partial charge < -0.3 is 9.66 Å². The second-order valence-electron chi connectivity index (χ2n) is 2.85. The minimum Gasteiger partial charge on any atom is -0.481 e. The Morgan fingerprint density at radius 1 is 1.50 bits per heavy atom. The van der Waals surface area contributed by atoms with E-state index in [1.54, 1.807) is 0 Å². The highest BCUT2D eigenvalue weighted by Crippen LogP contribution is 2.11. The first-order chi connectivity index (χ1) is 4.17. The Balaban J connectivity index is 3.94. The smallest absolute Gasteiger partial charge is 0.304 e. The van der Waals surface area contributed by atoms with Crippen LogP contribution in [0.15, 0.2) is 0 Å². The van der Waals surface area contributed by atoms with Gasteiger partial charge in [-0.1, -0.05) is 0 Å². The van der Waals surface area contributed by atoms with Crippen molar-refractivity contribution in [2.24, 2.45) is 0 Å². The quantitative estimate of drug-likeness (QED) is 0.622. The lowest BCUT2D eigenvalue weighted by atomic mass is 10.5. The van der Waals surface area contributed by atoms with E-state index in [9.17, 15) is 9.00 Å². The zero-order chi connectivity index (χ0) is 8.44. The van der Waals surface area contributed by atoms with Crippen LogP contribution in [0.5, 0.6) is 0 Å². The molecule has 10 heavy (non-hydrogen) atoms. The molecule has 0 aliphatic heterocycles. The van der Waals surface area contributed by atoms with Crippen molar-refractivity contribution in [3.8, 4) is 0 Å². The van der Waals surface area contributed by atoms with E-state index in [1.807, 2.05) is 0 Å². The Hall–Kier alpha value is -0.420. The number of hydrogen-bond donors (Lipinski definition) is 2. The maximum absolute atomic E-state index is 11.0. The first-order valence-electron chi connectivity index (χ1n) is 2.74. The zero-order valence-corrected chi connectivity index (χ0v) is 6.85. The van der Waals surface area contributed by atoms with Crippen LogP contribution in [0.2, 0.25) is 0 Å². The van der Waals surface area contributed by atoms with E-state index < -0.39 is 15.3 Å². The second-order valence-corrected chi connectivity index (χ2v) is 7.27. The van der Waals surface area contributed by atoms with Gasteiger partial charge in [-0.05, 0) is 0 Å². The Kier molecular flexibility index (Phi) is 2.22. The van der Waals surface area contributed by atoms with Gasteiger partial charge in [0.25, 0.3) is 0 Å². The van der Waals surface area contributed by atoms with Gasteiger partial charge in [-0.15, -0.1) is 0 Å². The maximum Gasteiger partial charge on any atom is 0.304 e. The molecule has 0 saturated carbocycles. The summed E-state index contributed by atoms with van der Waals surface area (Å²) in [4.78, 5) is 9.96. The molecule has 5 heteroatoms. The highest BCUT2D eigenvalue weighted by molar-refractivity contribution is 8.13. The molecule has 0 aromatic rings. The van der Waals surface area contributed by atoms with E-state index in [0.29, 0.717) is 0 Å². The van der Waals surface area contributed by atoms with Gasteiger partial charge in [0.2, 0.25) is 0 Å². The molecule has 0 spiro atoms. The van der Waals surface area contributed by atoms with Crippen LogP contribution in [0, 0.1) is 0 Å². The molecular formula is C5H12O4S. The number of rotatable bonds is 3. The van der Waals surface area contributed by atoms with Crippen LogP contribution >= 0.6 is 0 Å². The average Bonchev–Trinajstić information content (AvgIpc) is 1.57. The number of hydrogen-bond acceptors (Lipinski definition) is 2. The number of carbonyl (C=O) groups is 1. The molecule has 0 saturated heterocycles. The van der Waals surface area contributed by atoms with Crippen LogP contribution in [0.4, 0.5) is 0 Å². The van der Waals surface area contributed by atoms with Gasteiger partial charge in [0.1, 0.15) is 0 Å². The SMILES string of the molecule is CS(C)(=O)(O)CCC(=O)O. The lowest BCUT2D eigenvalue weighted by Gasteiger charge is -2.32.